The molecule has 0 spiro atoms. The summed E-state index contributed by atoms with van der Waals surface area (Å²) in [5.41, 5.74) is 0.976. The molecule has 0 aliphatic carbocycles. The fourth-order valence-electron chi connectivity index (χ4n) is 2.09. The van der Waals surface area contributed by atoms with Crippen LogP contribution in [0.5, 0.6) is 5.75 Å². The van der Waals surface area contributed by atoms with Crippen molar-refractivity contribution in [1.82, 2.24) is 5.32 Å². The highest BCUT2D eigenvalue weighted by Crippen LogP contribution is 2.17. The highest BCUT2D eigenvalue weighted by molar-refractivity contribution is 5.80. The van der Waals surface area contributed by atoms with E-state index in [1.807, 2.05) is 24.3 Å². The maximum Gasteiger partial charge on any atom is 0.249 e. The molecular formula is C14H19NO3. The molecule has 1 saturated heterocycles. The summed E-state index contributed by atoms with van der Waals surface area (Å²) in [6.45, 7) is 1.16. The lowest BCUT2D eigenvalue weighted by Gasteiger charge is -2.21. The highest BCUT2D eigenvalue weighted by atomic mass is 16.5. The van der Waals surface area contributed by atoms with Crippen LogP contribution in [-0.2, 0) is 16.1 Å². The number of benzene rings is 1. The Kier molecular flexibility index (Phi) is 4.59. The minimum Gasteiger partial charge on any atom is -0.496 e. The van der Waals surface area contributed by atoms with Crippen molar-refractivity contribution in [2.75, 3.05) is 13.7 Å². The predicted octanol–water partition coefficient (Wildman–Crippen LogP) is 1.88. The molecule has 0 bridgehead atoms. The van der Waals surface area contributed by atoms with Gasteiger partial charge in [-0.2, -0.15) is 0 Å². The molecule has 1 aromatic rings. The molecule has 1 aliphatic rings. The highest BCUT2D eigenvalue weighted by Gasteiger charge is 2.21. The summed E-state index contributed by atoms with van der Waals surface area (Å²) in [6.07, 6.45) is 2.65. The summed E-state index contributed by atoms with van der Waals surface area (Å²) in [5, 5.41) is 2.90. The minimum atomic E-state index is -0.284. The van der Waals surface area contributed by atoms with Crippen molar-refractivity contribution in [2.24, 2.45) is 0 Å². The molecule has 2 rings (SSSR count). The van der Waals surface area contributed by atoms with Gasteiger partial charge in [-0.15, -0.1) is 0 Å². The Hall–Kier alpha value is -1.55. The summed E-state index contributed by atoms with van der Waals surface area (Å²) in [4.78, 5) is 11.9. The maximum atomic E-state index is 11.9. The van der Waals surface area contributed by atoms with Gasteiger partial charge in [-0.1, -0.05) is 18.2 Å². The van der Waals surface area contributed by atoms with E-state index in [0.717, 1.165) is 30.6 Å². The number of carbonyl (C=O) groups is 1. The fourth-order valence-corrected chi connectivity index (χ4v) is 2.09. The van der Waals surface area contributed by atoms with E-state index in [2.05, 4.69) is 5.32 Å². The lowest BCUT2D eigenvalue weighted by atomic mass is 10.1. The van der Waals surface area contributed by atoms with E-state index < -0.39 is 0 Å². The SMILES string of the molecule is COc1ccccc1CNC(=O)C1CCCCO1. The van der Waals surface area contributed by atoms with Crippen molar-refractivity contribution < 1.29 is 14.3 Å². The quantitative estimate of drug-likeness (QED) is 0.886. The van der Waals surface area contributed by atoms with Gasteiger partial charge >= 0.3 is 0 Å². The van der Waals surface area contributed by atoms with Crippen LogP contribution in [0.15, 0.2) is 24.3 Å². The number of carbonyl (C=O) groups excluding carboxylic acids is 1. The number of nitrogens with one attached hydrogen (secondary N) is 1. The van der Waals surface area contributed by atoms with E-state index in [4.69, 9.17) is 9.47 Å². The molecule has 1 aliphatic heterocycles. The number of hydrogen-bond acceptors (Lipinski definition) is 3. The van der Waals surface area contributed by atoms with Crippen LogP contribution in [0.1, 0.15) is 24.8 Å². The van der Waals surface area contributed by atoms with E-state index >= 15 is 0 Å². The molecule has 1 amide bonds. The van der Waals surface area contributed by atoms with E-state index in [0.29, 0.717) is 13.2 Å². The first-order chi connectivity index (χ1) is 8.81. The van der Waals surface area contributed by atoms with Gasteiger partial charge in [0.05, 0.1) is 7.11 Å². The molecular weight excluding hydrogens is 230 g/mol. The molecule has 1 aromatic carbocycles. The number of methoxy groups -OCH3 is 1. The van der Waals surface area contributed by atoms with Gasteiger partial charge in [0.2, 0.25) is 5.91 Å². The van der Waals surface area contributed by atoms with Gasteiger partial charge in [0, 0.05) is 18.7 Å². The standard InChI is InChI=1S/C14H19NO3/c1-17-12-7-3-2-6-11(12)10-15-14(16)13-8-4-5-9-18-13/h2-3,6-7,13H,4-5,8-10H2,1H3,(H,15,16). The third-order valence-electron chi connectivity index (χ3n) is 3.12. The molecule has 0 aromatic heterocycles. The van der Waals surface area contributed by atoms with E-state index in [9.17, 15) is 4.79 Å². The first kappa shape index (κ1) is 12.9. The van der Waals surface area contributed by atoms with Crippen molar-refractivity contribution in [3.63, 3.8) is 0 Å². The Labute approximate surface area is 107 Å². The summed E-state index contributed by atoms with van der Waals surface area (Å²) in [5.74, 6) is 0.767. The summed E-state index contributed by atoms with van der Waals surface area (Å²) < 4.78 is 10.7. The lowest BCUT2D eigenvalue weighted by molar-refractivity contribution is -0.135. The molecule has 1 fully saturated rings. The van der Waals surface area contributed by atoms with Gasteiger partial charge in [-0.05, 0) is 25.3 Å². The van der Waals surface area contributed by atoms with E-state index in [1.54, 1.807) is 7.11 Å². The molecule has 0 saturated carbocycles. The first-order valence-electron chi connectivity index (χ1n) is 6.32. The van der Waals surface area contributed by atoms with Crippen LogP contribution < -0.4 is 10.1 Å². The zero-order chi connectivity index (χ0) is 12.8. The molecule has 1 unspecified atom stereocenters. The molecule has 1 atom stereocenters. The van der Waals surface area contributed by atoms with Crippen LogP contribution in [0.2, 0.25) is 0 Å². The fraction of sp³-hybridized carbons (Fsp3) is 0.500. The topological polar surface area (TPSA) is 47.6 Å². The molecule has 1 N–H and O–H groups in total. The lowest BCUT2D eigenvalue weighted by Crippen LogP contribution is -2.38. The third-order valence-corrected chi connectivity index (χ3v) is 3.12. The predicted molar refractivity (Wildman–Crippen MR) is 68.4 cm³/mol. The van der Waals surface area contributed by atoms with Gasteiger partial charge in [0.1, 0.15) is 11.9 Å². The van der Waals surface area contributed by atoms with Crippen LogP contribution in [0.25, 0.3) is 0 Å². The van der Waals surface area contributed by atoms with Gasteiger partial charge in [-0.3, -0.25) is 4.79 Å². The molecule has 1 heterocycles. The molecule has 18 heavy (non-hydrogen) atoms. The van der Waals surface area contributed by atoms with Crippen molar-refractivity contribution in [1.29, 1.82) is 0 Å². The third kappa shape index (κ3) is 3.23. The van der Waals surface area contributed by atoms with Crippen molar-refractivity contribution in [3.05, 3.63) is 29.8 Å². The largest absolute Gasteiger partial charge is 0.496 e. The zero-order valence-corrected chi connectivity index (χ0v) is 10.6. The van der Waals surface area contributed by atoms with Crippen LogP contribution in [0, 0.1) is 0 Å². The smallest absolute Gasteiger partial charge is 0.249 e. The molecule has 4 heteroatoms. The van der Waals surface area contributed by atoms with Crippen molar-refractivity contribution >= 4 is 5.91 Å². The first-order valence-corrected chi connectivity index (χ1v) is 6.32. The molecule has 0 radical (unpaired) electrons. The number of rotatable bonds is 4. The number of ether oxygens (including phenoxy) is 2. The van der Waals surface area contributed by atoms with Gasteiger partial charge in [-0.25, -0.2) is 0 Å². The summed E-state index contributed by atoms with van der Waals surface area (Å²) in [6, 6.07) is 7.68. The maximum absolute atomic E-state index is 11.9. The average Bonchev–Trinajstić information content (AvgIpc) is 2.46. The zero-order valence-electron chi connectivity index (χ0n) is 10.6. The van der Waals surface area contributed by atoms with E-state index in [1.165, 1.54) is 0 Å². The van der Waals surface area contributed by atoms with Crippen LogP contribution in [-0.4, -0.2) is 25.7 Å². The van der Waals surface area contributed by atoms with E-state index in [-0.39, 0.29) is 12.0 Å². The normalized spacial score (nSPS) is 19.3. The van der Waals surface area contributed by atoms with Crippen LogP contribution in [0.4, 0.5) is 0 Å². The van der Waals surface area contributed by atoms with Crippen LogP contribution >= 0.6 is 0 Å². The summed E-state index contributed by atoms with van der Waals surface area (Å²) in [7, 11) is 1.63. The second-order valence-electron chi connectivity index (χ2n) is 4.38. The Bertz CT molecular complexity index is 400. The number of para-hydroxylation sites is 1. The Morgan fingerprint density at radius 2 is 2.28 bits per heavy atom. The second-order valence-corrected chi connectivity index (χ2v) is 4.38. The van der Waals surface area contributed by atoms with Crippen molar-refractivity contribution in [2.45, 2.75) is 31.9 Å². The number of amides is 1. The Morgan fingerprint density at radius 1 is 1.44 bits per heavy atom. The second kappa shape index (κ2) is 6.40. The van der Waals surface area contributed by atoms with Gasteiger partial charge in [0.25, 0.3) is 0 Å². The monoisotopic (exact) mass is 249 g/mol. The average molecular weight is 249 g/mol. The van der Waals surface area contributed by atoms with Gasteiger partial charge < -0.3 is 14.8 Å². The number of hydrogen-bond donors (Lipinski definition) is 1. The minimum absolute atomic E-state index is 0.0272. The molecule has 4 nitrogen and oxygen atoms in total. The Morgan fingerprint density at radius 3 is 3.00 bits per heavy atom. The summed E-state index contributed by atoms with van der Waals surface area (Å²) >= 11 is 0. The molecule has 98 valence electrons. The van der Waals surface area contributed by atoms with Crippen molar-refractivity contribution in [3.8, 4) is 5.75 Å². The van der Waals surface area contributed by atoms with Gasteiger partial charge in [0.15, 0.2) is 0 Å². The Balaban J connectivity index is 1.88. The van der Waals surface area contributed by atoms with Crippen LogP contribution in [0.3, 0.4) is 0 Å².